The zero-order valence-electron chi connectivity index (χ0n) is 15.3. The quantitative estimate of drug-likeness (QED) is 0.838. The normalized spacial score (nSPS) is 29.4. The van der Waals surface area contributed by atoms with Gasteiger partial charge in [-0.2, -0.15) is 0 Å². The maximum atomic E-state index is 13.5. The average Bonchev–Trinajstić information content (AvgIpc) is 2.79. The molecule has 2 fully saturated rings. The van der Waals surface area contributed by atoms with Gasteiger partial charge in [0.2, 0.25) is 11.8 Å². The lowest BCUT2D eigenvalue weighted by Crippen LogP contribution is -2.46. The Hall–Kier alpha value is -1.95. The summed E-state index contributed by atoms with van der Waals surface area (Å²) in [5.74, 6) is -0.134. The average molecular weight is 359 g/mol. The third-order valence-corrected chi connectivity index (χ3v) is 6.48. The second-order valence-corrected chi connectivity index (χ2v) is 7.85. The third-order valence-electron chi connectivity index (χ3n) is 6.48. The Labute approximate surface area is 153 Å². The molecule has 1 saturated carbocycles. The van der Waals surface area contributed by atoms with Crippen LogP contribution >= 0.6 is 0 Å². The van der Waals surface area contributed by atoms with Crippen LogP contribution in [0.2, 0.25) is 0 Å². The first-order chi connectivity index (χ1) is 12.5. The lowest BCUT2D eigenvalue weighted by molar-refractivity contribution is -0.128. The minimum Gasteiger partial charge on any atom is -0.342 e. The van der Waals surface area contributed by atoms with Crippen LogP contribution in [0.4, 0.5) is 10.1 Å². The fourth-order valence-electron chi connectivity index (χ4n) is 4.98. The molecular weight excluding hydrogens is 333 g/mol. The van der Waals surface area contributed by atoms with Gasteiger partial charge in [0.05, 0.1) is 5.41 Å². The predicted octanol–water partition coefficient (Wildman–Crippen LogP) is 2.51. The van der Waals surface area contributed by atoms with Gasteiger partial charge in [-0.15, -0.1) is 0 Å². The molecule has 1 aliphatic carbocycles. The number of fused-ring (bicyclic) bond motifs is 2. The Morgan fingerprint density at radius 3 is 2.69 bits per heavy atom. The molecule has 3 aliphatic rings. The molecule has 1 N–H and O–H groups in total. The maximum Gasteiger partial charge on any atom is 0.235 e. The van der Waals surface area contributed by atoms with Gasteiger partial charge >= 0.3 is 0 Å². The number of nitrogens with one attached hydrogen (secondary N) is 1. The molecule has 2 amide bonds. The summed E-state index contributed by atoms with van der Waals surface area (Å²) < 4.78 is 13.5. The topological polar surface area (TPSA) is 52.7 Å². The smallest absolute Gasteiger partial charge is 0.235 e. The Morgan fingerprint density at radius 1 is 1.19 bits per heavy atom. The second-order valence-electron chi connectivity index (χ2n) is 7.85. The highest BCUT2D eigenvalue weighted by atomic mass is 19.1. The highest BCUT2D eigenvalue weighted by molar-refractivity contribution is 6.06. The van der Waals surface area contributed by atoms with Crippen LogP contribution in [0.3, 0.4) is 0 Å². The molecule has 140 valence electrons. The van der Waals surface area contributed by atoms with Crippen LogP contribution in [0.5, 0.6) is 0 Å². The van der Waals surface area contributed by atoms with E-state index in [0.29, 0.717) is 11.7 Å². The number of hydrogen-bond donors (Lipinski definition) is 1. The van der Waals surface area contributed by atoms with Crippen LogP contribution in [0.1, 0.15) is 44.6 Å². The molecule has 0 atom stereocenters. The molecule has 0 aromatic heterocycles. The van der Waals surface area contributed by atoms with E-state index in [1.165, 1.54) is 12.1 Å². The summed E-state index contributed by atoms with van der Waals surface area (Å²) in [5.41, 5.74) is 1.11. The van der Waals surface area contributed by atoms with Crippen LogP contribution in [-0.4, -0.2) is 53.8 Å². The summed E-state index contributed by atoms with van der Waals surface area (Å²) in [5, 5.41) is 2.88. The van der Waals surface area contributed by atoms with Gasteiger partial charge in [-0.1, -0.05) is 6.07 Å². The van der Waals surface area contributed by atoms with Crippen molar-refractivity contribution in [1.82, 2.24) is 9.80 Å². The van der Waals surface area contributed by atoms with Crippen molar-refractivity contribution in [2.45, 2.75) is 50.5 Å². The molecule has 1 aromatic rings. The molecule has 1 saturated heterocycles. The van der Waals surface area contributed by atoms with E-state index in [4.69, 9.17) is 0 Å². The summed E-state index contributed by atoms with van der Waals surface area (Å²) >= 11 is 0. The van der Waals surface area contributed by atoms with E-state index in [1.807, 2.05) is 4.90 Å². The third kappa shape index (κ3) is 2.90. The number of nitrogens with zero attached hydrogens (tertiary/aromatic N) is 2. The van der Waals surface area contributed by atoms with Crippen LogP contribution in [0, 0.1) is 5.82 Å². The highest BCUT2D eigenvalue weighted by Crippen LogP contribution is 2.48. The number of benzene rings is 1. The van der Waals surface area contributed by atoms with Crippen LogP contribution < -0.4 is 5.32 Å². The molecule has 0 unspecified atom stereocenters. The van der Waals surface area contributed by atoms with Crippen LogP contribution in [-0.2, 0) is 15.0 Å². The molecule has 2 heterocycles. The zero-order chi connectivity index (χ0) is 18.3. The minimum absolute atomic E-state index is 0.0233. The molecule has 2 aliphatic heterocycles. The van der Waals surface area contributed by atoms with Gasteiger partial charge in [0.25, 0.3) is 0 Å². The summed E-state index contributed by atoms with van der Waals surface area (Å²) in [7, 11) is 0. The van der Waals surface area contributed by atoms with E-state index in [2.05, 4.69) is 10.2 Å². The number of rotatable bonds is 1. The molecular formula is C20H26FN3O2. The summed E-state index contributed by atoms with van der Waals surface area (Å²) in [6, 6.07) is 5.13. The van der Waals surface area contributed by atoms with Gasteiger partial charge < -0.3 is 10.2 Å². The number of hydrogen-bond acceptors (Lipinski definition) is 3. The predicted molar refractivity (Wildman–Crippen MR) is 97.4 cm³/mol. The van der Waals surface area contributed by atoms with Crippen LogP contribution in [0.25, 0.3) is 0 Å². The Kier molecular flexibility index (Phi) is 4.47. The minimum atomic E-state index is -0.489. The maximum absolute atomic E-state index is 13.5. The van der Waals surface area contributed by atoms with Gasteiger partial charge in [-0.05, 0) is 49.8 Å². The van der Waals surface area contributed by atoms with E-state index >= 15 is 0 Å². The van der Waals surface area contributed by atoms with Crippen LogP contribution in [0.15, 0.2) is 18.2 Å². The van der Waals surface area contributed by atoms with Crippen molar-refractivity contribution in [1.29, 1.82) is 0 Å². The van der Waals surface area contributed by atoms with E-state index in [9.17, 15) is 14.0 Å². The first-order valence-electron chi connectivity index (χ1n) is 9.61. The van der Waals surface area contributed by atoms with Gasteiger partial charge in [-0.25, -0.2) is 4.39 Å². The van der Waals surface area contributed by atoms with E-state index < -0.39 is 5.41 Å². The first kappa shape index (κ1) is 17.5. The van der Waals surface area contributed by atoms with E-state index in [1.54, 1.807) is 13.0 Å². The zero-order valence-corrected chi connectivity index (χ0v) is 15.3. The van der Waals surface area contributed by atoms with Crippen molar-refractivity contribution in [3.05, 3.63) is 29.6 Å². The molecule has 1 spiro atoms. The Balaban J connectivity index is 1.45. The number of halogens is 1. The molecule has 0 radical (unpaired) electrons. The molecule has 4 rings (SSSR count). The van der Waals surface area contributed by atoms with Crippen molar-refractivity contribution >= 4 is 17.5 Å². The van der Waals surface area contributed by atoms with E-state index in [-0.39, 0.29) is 17.6 Å². The standard InChI is InChI=1S/C20H26FN3O2/c1-14(25)23-9-2-10-24(12-11-23)16-5-7-20(8-6-16)17-4-3-15(21)13-18(17)22-19(20)26/h3-4,13,16H,2,5-12H2,1H3,(H,22,26). The molecule has 5 nitrogen and oxygen atoms in total. The van der Waals surface area contributed by atoms with Crippen molar-refractivity contribution in [3.63, 3.8) is 0 Å². The van der Waals surface area contributed by atoms with Gasteiger partial charge in [0.1, 0.15) is 5.82 Å². The second kappa shape index (κ2) is 6.65. The number of anilines is 1. The van der Waals surface area contributed by atoms with Crippen molar-refractivity contribution in [2.75, 3.05) is 31.5 Å². The highest BCUT2D eigenvalue weighted by Gasteiger charge is 2.49. The van der Waals surface area contributed by atoms with E-state index in [0.717, 1.165) is 63.8 Å². The molecule has 0 bridgehead atoms. The van der Waals surface area contributed by atoms with Gasteiger partial charge in [0, 0.05) is 44.8 Å². The molecule has 26 heavy (non-hydrogen) atoms. The van der Waals surface area contributed by atoms with Crippen molar-refractivity contribution < 1.29 is 14.0 Å². The lowest BCUT2D eigenvalue weighted by atomic mass is 9.68. The monoisotopic (exact) mass is 359 g/mol. The largest absolute Gasteiger partial charge is 0.342 e. The number of carbonyl (C=O) groups excluding carboxylic acids is 2. The fourth-order valence-corrected chi connectivity index (χ4v) is 4.98. The van der Waals surface area contributed by atoms with Gasteiger partial charge in [-0.3, -0.25) is 14.5 Å². The molecule has 1 aromatic carbocycles. The first-order valence-corrected chi connectivity index (χ1v) is 9.61. The summed E-state index contributed by atoms with van der Waals surface area (Å²) in [6.07, 6.45) is 4.53. The Bertz CT molecular complexity index is 728. The number of amides is 2. The fraction of sp³-hybridized carbons (Fsp3) is 0.600. The number of carbonyl (C=O) groups is 2. The van der Waals surface area contributed by atoms with Crippen molar-refractivity contribution in [3.8, 4) is 0 Å². The van der Waals surface area contributed by atoms with Gasteiger partial charge in [0.15, 0.2) is 0 Å². The molecule has 6 heteroatoms. The van der Waals surface area contributed by atoms with Crippen molar-refractivity contribution in [2.24, 2.45) is 0 Å². The SMILES string of the molecule is CC(=O)N1CCCN(C2CCC3(CC2)C(=O)Nc2cc(F)ccc23)CC1. The summed E-state index contributed by atoms with van der Waals surface area (Å²) in [6.45, 7) is 5.18. The lowest BCUT2D eigenvalue weighted by Gasteiger charge is -2.40. The Morgan fingerprint density at radius 2 is 1.96 bits per heavy atom. The summed E-state index contributed by atoms with van der Waals surface area (Å²) in [4.78, 5) is 28.7.